The predicted molar refractivity (Wildman–Crippen MR) is 236 cm³/mol. The molecule has 55 heavy (non-hydrogen) atoms. The maximum atomic E-state index is 3.69. The Balaban J connectivity index is 1.14. The van der Waals surface area contributed by atoms with E-state index in [9.17, 15) is 0 Å². The zero-order valence-corrected chi connectivity index (χ0v) is 34.7. The maximum absolute atomic E-state index is 3.69. The molecule has 0 aliphatic heterocycles. The number of hydrogen-bond acceptors (Lipinski definition) is 0. The number of fused-ring (bicyclic) bond motifs is 4. The van der Waals surface area contributed by atoms with E-state index in [0.29, 0.717) is 35.5 Å². The molecule has 8 rings (SSSR count). The Bertz CT molecular complexity index is 2380. The summed E-state index contributed by atoms with van der Waals surface area (Å²) in [7, 11) is 0. The van der Waals surface area contributed by atoms with Gasteiger partial charge in [0, 0.05) is 22.3 Å². The summed E-state index contributed by atoms with van der Waals surface area (Å²) in [5, 5.41) is 5.07. The second-order valence-electron chi connectivity index (χ2n) is 17.9. The first-order valence-corrected chi connectivity index (χ1v) is 22.1. The molecule has 4 aliphatic rings. The largest absolute Gasteiger partial charge is 0.0853 e. The van der Waals surface area contributed by atoms with Crippen molar-refractivity contribution in [2.24, 2.45) is 23.7 Å². The average Bonchev–Trinajstić information content (AvgIpc) is 3.93. The van der Waals surface area contributed by atoms with Crippen LogP contribution in [0, 0.1) is 47.4 Å². The summed E-state index contributed by atoms with van der Waals surface area (Å²) in [5.41, 5.74) is 12.6. The highest BCUT2D eigenvalue weighted by molar-refractivity contribution is 5.90. The van der Waals surface area contributed by atoms with Crippen LogP contribution in [0.2, 0.25) is 0 Å². The first-order chi connectivity index (χ1) is 26.8. The number of hydrogen-bond donors (Lipinski definition) is 0. The van der Waals surface area contributed by atoms with Gasteiger partial charge in [0.1, 0.15) is 0 Å². The molecule has 8 atom stereocenters. The Morgan fingerprint density at radius 1 is 0.727 bits per heavy atom. The summed E-state index contributed by atoms with van der Waals surface area (Å²) in [6.45, 7) is 16.6. The third-order valence-electron chi connectivity index (χ3n) is 14.2. The molecule has 0 heterocycles. The summed E-state index contributed by atoms with van der Waals surface area (Å²) in [6.07, 6.45) is 17.4. The highest BCUT2D eigenvalue weighted by Crippen LogP contribution is 2.56. The van der Waals surface area contributed by atoms with Crippen LogP contribution in [0.25, 0.3) is 22.4 Å². The van der Waals surface area contributed by atoms with Crippen molar-refractivity contribution < 1.29 is 0 Å². The van der Waals surface area contributed by atoms with Gasteiger partial charge in [-0.25, -0.2) is 0 Å². The summed E-state index contributed by atoms with van der Waals surface area (Å²) in [4.78, 5) is 0. The molecule has 0 heteroatoms. The Morgan fingerprint density at radius 2 is 1.45 bits per heavy atom. The summed E-state index contributed by atoms with van der Waals surface area (Å²) in [6, 6.07) is 25.7. The third kappa shape index (κ3) is 7.52. The molecule has 282 valence electrons. The minimum absolute atomic E-state index is 0.400. The lowest BCUT2D eigenvalue weighted by Gasteiger charge is -2.37. The molecule has 0 amide bonds. The lowest BCUT2D eigenvalue weighted by molar-refractivity contribution is 0.362. The fourth-order valence-electron chi connectivity index (χ4n) is 10.9. The topological polar surface area (TPSA) is 0 Å². The van der Waals surface area contributed by atoms with Crippen molar-refractivity contribution in [3.05, 3.63) is 128 Å². The van der Waals surface area contributed by atoms with Crippen LogP contribution in [0.4, 0.5) is 0 Å². The average molecular weight is 723 g/mol. The first kappa shape index (κ1) is 37.7. The van der Waals surface area contributed by atoms with Gasteiger partial charge in [-0.1, -0.05) is 121 Å². The van der Waals surface area contributed by atoms with Crippen LogP contribution in [0.15, 0.2) is 78.4 Å². The second kappa shape index (κ2) is 16.1. The van der Waals surface area contributed by atoms with Gasteiger partial charge in [0.2, 0.25) is 0 Å². The van der Waals surface area contributed by atoms with Crippen molar-refractivity contribution in [3.63, 3.8) is 0 Å². The second-order valence-corrected chi connectivity index (χ2v) is 17.9. The van der Waals surface area contributed by atoms with E-state index in [1.807, 2.05) is 0 Å². The SMILES string of the molecule is CC/C=C(/CCC)C(CC)C1CCC(C2CC2C)c2cc(C#Cc3cccc4cc5c(cc34)=CCC(C)C=5C#Cc3ccc4c(c3)C(C)CCC4C)ccc21. The van der Waals surface area contributed by atoms with Gasteiger partial charge >= 0.3 is 0 Å². The van der Waals surface area contributed by atoms with E-state index in [1.165, 1.54) is 89.3 Å². The van der Waals surface area contributed by atoms with Gasteiger partial charge in [-0.15, -0.1) is 0 Å². The molecular formula is C55H62. The number of rotatable bonds is 7. The fourth-order valence-corrected chi connectivity index (χ4v) is 10.9. The monoisotopic (exact) mass is 722 g/mol. The number of allylic oxidation sites excluding steroid dienone is 2. The molecule has 4 aromatic carbocycles. The highest BCUT2D eigenvalue weighted by atomic mass is 14.5. The lowest BCUT2D eigenvalue weighted by atomic mass is 9.67. The molecule has 0 N–H and O–H groups in total. The molecule has 0 aromatic heterocycles. The molecular weight excluding hydrogens is 661 g/mol. The molecule has 0 bridgehead atoms. The molecule has 1 saturated carbocycles. The Morgan fingerprint density at radius 3 is 2.18 bits per heavy atom. The Hall–Kier alpha value is -4.26. The van der Waals surface area contributed by atoms with Crippen molar-refractivity contribution in [2.75, 3.05) is 0 Å². The summed E-state index contributed by atoms with van der Waals surface area (Å²) < 4.78 is 0. The van der Waals surface area contributed by atoms with Gasteiger partial charge in [0.25, 0.3) is 0 Å². The zero-order chi connectivity index (χ0) is 38.2. The summed E-state index contributed by atoms with van der Waals surface area (Å²) >= 11 is 0. The fraction of sp³-hybridized carbons (Fsp3) is 0.455. The Labute approximate surface area is 332 Å². The van der Waals surface area contributed by atoms with E-state index in [1.54, 1.807) is 16.7 Å². The first-order valence-electron chi connectivity index (χ1n) is 22.1. The summed E-state index contributed by atoms with van der Waals surface area (Å²) in [5.74, 6) is 19.9. The number of benzene rings is 4. The highest BCUT2D eigenvalue weighted by Gasteiger charge is 2.44. The normalized spacial score (nSPS) is 26.0. The van der Waals surface area contributed by atoms with Crippen LogP contribution in [0.5, 0.6) is 0 Å². The van der Waals surface area contributed by atoms with Gasteiger partial charge in [-0.05, 0) is 191 Å². The van der Waals surface area contributed by atoms with E-state index in [4.69, 9.17) is 0 Å². The quantitative estimate of drug-likeness (QED) is 0.132. The molecule has 4 aliphatic carbocycles. The van der Waals surface area contributed by atoms with Crippen LogP contribution in [0.3, 0.4) is 0 Å². The van der Waals surface area contributed by atoms with E-state index in [0.717, 1.165) is 41.4 Å². The zero-order valence-electron chi connectivity index (χ0n) is 34.7. The molecule has 0 nitrogen and oxygen atoms in total. The Kier molecular flexibility index (Phi) is 11.0. The van der Waals surface area contributed by atoms with Crippen LogP contribution in [-0.4, -0.2) is 0 Å². The van der Waals surface area contributed by atoms with E-state index in [-0.39, 0.29) is 0 Å². The van der Waals surface area contributed by atoms with Crippen LogP contribution in [0.1, 0.15) is 175 Å². The molecule has 0 saturated heterocycles. The molecule has 0 radical (unpaired) electrons. The third-order valence-corrected chi connectivity index (χ3v) is 14.2. The van der Waals surface area contributed by atoms with Crippen molar-refractivity contribution in [3.8, 4) is 23.7 Å². The van der Waals surface area contributed by atoms with Crippen LogP contribution in [-0.2, 0) is 0 Å². The van der Waals surface area contributed by atoms with E-state index >= 15 is 0 Å². The van der Waals surface area contributed by atoms with Crippen molar-refractivity contribution in [1.82, 2.24) is 0 Å². The van der Waals surface area contributed by atoms with Gasteiger partial charge in [-0.3, -0.25) is 0 Å². The standard InChI is InChI=1S/C55H62/c1-8-12-41(13-9-2)45(10-3)48-28-29-50(51-30-38(51)7)55-32-39(22-27-49(48)55)19-24-42-14-11-15-43-34-54-44(33-53(42)43)23-18-36(5)47(54)26-21-40-20-25-46-35(4)16-17-37(6)52(46)31-40/h11-12,14-15,20,22-23,25,27,31-38,45,48,50-51H,8-10,13,16-18,28-30H2,1-7H3/b41-12-. The molecule has 1 fully saturated rings. The van der Waals surface area contributed by atoms with Gasteiger partial charge in [0.15, 0.2) is 0 Å². The predicted octanol–water partition coefficient (Wildman–Crippen LogP) is 13.0. The van der Waals surface area contributed by atoms with Gasteiger partial charge in [-0.2, -0.15) is 0 Å². The van der Waals surface area contributed by atoms with Crippen molar-refractivity contribution >= 4 is 22.4 Å². The lowest BCUT2D eigenvalue weighted by Crippen LogP contribution is -2.32. The smallest absolute Gasteiger partial charge is 0.0327 e. The van der Waals surface area contributed by atoms with Gasteiger partial charge in [0.05, 0.1) is 0 Å². The van der Waals surface area contributed by atoms with Crippen LogP contribution >= 0.6 is 0 Å². The minimum atomic E-state index is 0.400. The van der Waals surface area contributed by atoms with E-state index in [2.05, 4.69) is 151 Å². The molecule has 8 unspecified atom stereocenters. The molecule has 0 spiro atoms. The van der Waals surface area contributed by atoms with Crippen LogP contribution < -0.4 is 10.4 Å². The van der Waals surface area contributed by atoms with Crippen molar-refractivity contribution in [2.45, 2.75) is 136 Å². The van der Waals surface area contributed by atoms with Crippen molar-refractivity contribution in [1.29, 1.82) is 0 Å². The maximum Gasteiger partial charge on any atom is 0.0327 e. The molecule has 4 aromatic rings. The van der Waals surface area contributed by atoms with Gasteiger partial charge < -0.3 is 0 Å². The van der Waals surface area contributed by atoms with E-state index < -0.39 is 0 Å². The minimum Gasteiger partial charge on any atom is -0.0853 e.